The van der Waals surface area contributed by atoms with Gasteiger partial charge in [-0.2, -0.15) is 11.8 Å². The molecule has 0 unspecified atom stereocenters. The highest BCUT2D eigenvalue weighted by atomic mass is 32.2. The van der Waals surface area contributed by atoms with E-state index in [4.69, 9.17) is 4.74 Å². The number of ether oxygens (including phenoxy) is 1. The molecule has 0 bridgehead atoms. The molecule has 0 amide bonds. The molecule has 0 aliphatic rings. The molecule has 0 saturated carbocycles. The first-order valence-corrected chi connectivity index (χ1v) is 7.61. The molecule has 96 valence electrons. The molecule has 1 aromatic carbocycles. The van der Waals surface area contributed by atoms with E-state index in [1.807, 2.05) is 11.8 Å². The Hall–Kier alpha value is -0.630. The SMILES string of the molecule is CCSCCCOc1cc(C(C)C)ccc1C. The molecule has 0 atom stereocenters. The zero-order chi connectivity index (χ0) is 12.7. The molecule has 1 nitrogen and oxygen atoms in total. The highest BCUT2D eigenvalue weighted by Crippen LogP contribution is 2.24. The Labute approximate surface area is 110 Å². The second-order valence-corrected chi connectivity index (χ2v) is 5.97. The third kappa shape index (κ3) is 5.03. The van der Waals surface area contributed by atoms with E-state index >= 15 is 0 Å². The van der Waals surface area contributed by atoms with E-state index in [1.165, 1.54) is 22.6 Å². The monoisotopic (exact) mass is 252 g/mol. The first-order valence-electron chi connectivity index (χ1n) is 6.46. The van der Waals surface area contributed by atoms with Crippen LogP contribution in [0.3, 0.4) is 0 Å². The van der Waals surface area contributed by atoms with Crippen molar-refractivity contribution in [1.82, 2.24) is 0 Å². The summed E-state index contributed by atoms with van der Waals surface area (Å²) in [6.07, 6.45) is 1.13. The first-order chi connectivity index (χ1) is 8.15. The fraction of sp³-hybridized carbons (Fsp3) is 0.600. The predicted molar refractivity (Wildman–Crippen MR) is 78.4 cm³/mol. The minimum atomic E-state index is 0.564. The number of hydrogen-bond acceptors (Lipinski definition) is 2. The molecule has 0 heterocycles. The highest BCUT2D eigenvalue weighted by Gasteiger charge is 2.04. The van der Waals surface area contributed by atoms with Crippen LogP contribution in [0.15, 0.2) is 18.2 Å². The standard InChI is InChI=1S/C15H24OS/c1-5-17-10-6-9-16-15-11-14(12(2)3)8-7-13(15)4/h7-8,11-12H,5-6,9-10H2,1-4H3. The smallest absolute Gasteiger partial charge is 0.122 e. The molecule has 2 heteroatoms. The van der Waals surface area contributed by atoms with Crippen molar-refractivity contribution in [2.75, 3.05) is 18.1 Å². The van der Waals surface area contributed by atoms with Crippen LogP contribution in [-0.4, -0.2) is 18.1 Å². The highest BCUT2D eigenvalue weighted by molar-refractivity contribution is 7.99. The van der Waals surface area contributed by atoms with Gasteiger partial charge >= 0.3 is 0 Å². The Kier molecular flexibility index (Phi) is 6.49. The van der Waals surface area contributed by atoms with E-state index in [9.17, 15) is 0 Å². The van der Waals surface area contributed by atoms with Crippen molar-refractivity contribution in [3.8, 4) is 5.75 Å². The Balaban J connectivity index is 2.49. The van der Waals surface area contributed by atoms with Crippen molar-refractivity contribution in [3.05, 3.63) is 29.3 Å². The van der Waals surface area contributed by atoms with E-state index in [0.29, 0.717) is 5.92 Å². The van der Waals surface area contributed by atoms with Crippen LogP contribution in [0.25, 0.3) is 0 Å². The molecule has 1 aromatic rings. The third-order valence-electron chi connectivity index (χ3n) is 2.77. The molecule has 0 N–H and O–H groups in total. The van der Waals surface area contributed by atoms with Crippen molar-refractivity contribution in [2.45, 2.75) is 40.0 Å². The number of aryl methyl sites for hydroxylation is 1. The molecule has 0 aromatic heterocycles. The number of hydrogen-bond donors (Lipinski definition) is 0. The zero-order valence-electron chi connectivity index (χ0n) is 11.5. The van der Waals surface area contributed by atoms with Crippen LogP contribution in [-0.2, 0) is 0 Å². The van der Waals surface area contributed by atoms with Crippen LogP contribution in [0.2, 0.25) is 0 Å². The molecule has 0 aliphatic heterocycles. The van der Waals surface area contributed by atoms with Crippen LogP contribution in [0.5, 0.6) is 5.75 Å². The number of rotatable bonds is 7. The van der Waals surface area contributed by atoms with Crippen LogP contribution in [0.4, 0.5) is 0 Å². The molecular formula is C15H24OS. The molecule has 0 radical (unpaired) electrons. The fourth-order valence-electron chi connectivity index (χ4n) is 1.62. The van der Waals surface area contributed by atoms with Crippen LogP contribution < -0.4 is 4.74 Å². The van der Waals surface area contributed by atoms with Crippen molar-refractivity contribution >= 4 is 11.8 Å². The fourth-order valence-corrected chi connectivity index (χ4v) is 2.23. The van der Waals surface area contributed by atoms with E-state index < -0.39 is 0 Å². The molecule has 0 aliphatic carbocycles. The van der Waals surface area contributed by atoms with Crippen LogP contribution in [0, 0.1) is 6.92 Å². The second kappa shape index (κ2) is 7.65. The Morgan fingerprint density at radius 3 is 2.71 bits per heavy atom. The summed E-state index contributed by atoms with van der Waals surface area (Å²) in [5, 5.41) is 0. The molecule has 17 heavy (non-hydrogen) atoms. The van der Waals surface area contributed by atoms with Gasteiger partial charge in [0.25, 0.3) is 0 Å². The topological polar surface area (TPSA) is 9.23 Å². The summed E-state index contributed by atoms with van der Waals surface area (Å²) in [6, 6.07) is 6.54. The molecule has 1 rings (SSSR count). The maximum Gasteiger partial charge on any atom is 0.122 e. The molecular weight excluding hydrogens is 228 g/mol. The van der Waals surface area contributed by atoms with Gasteiger partial charge in [0.15, 0.2) is 0 Å². The van der Waals surface area contributed by atoms with Gasteiger partial charge in [-0.1, -0.05) is 32.9 Å². The third-order valence-corrected chi connectivity index (χ3v) is 3.76. The lowest BCUT2D eigenvalue weighted by atomic mass is 10.0. The predicted octanol–water partition coefficient (Wildman–Crippen LogP) is 4.64. The van der Waals surface area contributed by atoms with Gasteiger partial charge in [-0.05, 0) is 48.0 Å². The first kappa shape index (κ1) is 14.4. The molecule has 0 fully saturated rings. The lowest BCUT2D eigenvalue weighted by Gasteiger charge is -2.12. The van der Waals surface area contributed by atoms with Crippen molar-refractivity contribution in [2.24, 2.45) is 0 Å². The van der Waals surface area contributed by atoms with Crippen LogP contribution in [0.1, 0.15) is 44.2 Å². The normalized spacial score (nSPS) is 10.9. The maximum absolute atomic E-state index is 5.86. The van der Waals surface area contributed by atoms with Gasteiger partial charge in [-0.3, -0.25) is 0 Å². The van der Waals surface area contributed by atoms with E-state index in [1.54, 1.807) is 0 Å². The average Bonchev–Trinajstić information content (AvgIpc) is 2.30. The second-order valence-electron chi connectivity index (χ2n) is 4.58. The summed E-state index contributed by atoms with van der Waals surface area (Å²) in [5.41, 5.74) is 2.59. The van der Waals surface area contributed by atoms with Crippen molar-refractivity contribution < 1.29 is 4.74 Å². The largest absolute Gasteiger partial charge is 0.493 e. The lowest BCUT2D eigenvalue weighted by Crippen LogP contribution is -2.01. The summed E-state index contributed by atoms with van der Waals surface area (Å²) in [5.74, 6) is 4.01. The summed E-state index contributed by atoms with van der Waals surface area (Å²) < 4.78 is 5.86. The van der Waals surface area contributed by atoms with Gasteiger partial charge in [0.2, 0.25) is 0 Å². The molecule has 0 saturated heterocycles. The van der Waals surface area contributed by atoms with E-state index in [2.05, 4.69) is 45.9 Å². The Bertz CT molecular complexity index is 334. The molecule has 0 spiro atoms. The quantitative estimate of drug-likeness (QED) is 0.654. The van der Waals surface area contributed by atoms with Crippen molar-refractivity contribution in [3.63, 3.8) is 0 Å². The number of thioether (sulfide) groups is 1. The summed E-state index contributed by atoms with van der Waals surface area (Å²) in [6.45, 7) is 9.57. The van der Waals surface area contributed by atoms with E-state index in [-0.39, 0.29) is 0 Å². The zero-order valence-corrected chi connectivity index (χ0v) is 12.3. The average molecular weight is 252 g/mol. The maximum atomic E-state index is 5.86. The Morgan fingerprint density at radius 2 is 2.06 bits per heavy atom. The summed E-state index contributed by atoms with van der Waals surface area (Å²) >= 11 is 1.98. The van der Waals surface area contributed by atoms with Gasteiger partial charge in [-0.15, -0.1) is 0 Å². The van der Waals surface area contributed by atoms with Gasteiger partial charge < -0.3 is 4.74 Å². The van der Waals surface area contributed by atoms with Gasteiger partial charge in [0.05, 0.1) is 6.61 Å². The number of benzene rings is 1. The summed E-state index contributed by atoms with van der Waals surface area (Å²) in [7, 11) is 0. The lowest BCUT2D eigenvalue weighted by molar-refractivity contribution is 0.316. The van der Waals surface area contributed by atoms with Gasteiger partial charge in [0, 0.05) is 0 Å². The summed E-state index contributed by atoms with van der Waals surface area (Å²) in [4.78, 5) is 0. The van der Waals surface area contributed by atoms with Crippen molar-refractivity contribution in [1.29, 1.82) is 0 Å². The Morgan fingerprint density at radius 1 is 1.29 bits per heavy atom. The minimum absolute atomic E-state index is 0.564. The van der Waals surface area contributed by atoms with Gasteiger partial charge in [-0.25, -0.2) is 0 Å². The van der Waals surface area contributed by atoms with E-state index in [0.717, 1.165) is 18.8 Å². The minimum Gasteiger partial charge on any atom is -0.493 e. The van der Waals surface area contributed by atoms with Crippen LogP contribution >= 0.6 is 11.8 Å². The van der Waals surface area contributed by atoms with Gasteiger partial charge in [0.1, 0.15) is 5.75 Å².